The van der Waals surface area contributed by atoms with Gasteiger partial charge in [-0.2, -0.15) is 0 Å². The fourth-order valence-electron chi connectivity index (χ4n) is 1.43. The minimum atomic E-state index is -0.347. The molecule has 0 fully saturated rings. The van der Waals surface area contributed by atoms with Crippen LogP contribution in [0.15, 0.2) is 33.3 Å². The van der Waals surface area contributed by atoms with Crippen LogP contribution in [0.4, 0.5) is 5.69 Å². The molecule has 3 N–H and O–H groups in total. The minimum Gasteiger partial charge on any atom is -0.389 e. The molecule has 0 saturated heterocycles. The van der Waals surface area contributed by atoms with E-state index >= 15 is 0 Å². The quantitative estimate of drug-likeness (QED) is 0.840. The van der Waals surface area contributed by atoms with Gasteiger partial charge in [0.25, 0.3) is 5.91 Å². The van der Waals surface area contributed by atoms with E-state index in [0.29, 0.717) is 20.9 Å². The van der Waals surface area contributed by atoms with E-state index in [1.54, 1.807) is 31.2 Å². The fraction of sp³-hybridized carbons (Fsp3) is 0.0833. The highest BCUT2D eigenvalue weighted by Crippen LogP contribution is 2.24. The molecule has 0 bridgehead atoms. The summed E-state index contributed by atoms with van der Waals surface area (Å²) in [5, 5.41) is 6.36. The lowest BCUT2D eigenvalue weighted by Gasteiger charge is -2.07. The number of halogens is 1. The number of carbonyl (C=O) groups is 1. The highest BCUT2D eigenvalue weighted by Gasteiger charge is 2.13. The van der Waals surface area contributed by atoms with E-state index in [0.717, 1.165) is 5.56 Å². The molecular formula is C12H10BrN3O2S. The average Bonchev–Trinajstić information content (AvgIpc) is 2.78. The Morgan fingerprint density at radius 1 is 1.47 bits per heavy atom. The van der Waals surface area contributed by atoms with Crippen molar-refractivity contribution in [1.29, 1.82) is 0 Å². The zero-order valence-corrected chi connectivity index (χ0v) is 12.3. The SMILES string of the molecule is Cc1cc(C(=O)Nc2ccc(C(N)=S)cc2Br)no1. The second kappa shape index (κ2) is 5.50. The lowest BCUT2D eigenvalue weighted by Crippen LogP contribution is -2.14. The van der Waals surface area contributed by atoms with Gasteiger partial charge in [-0.1, -0.05) is 17.4 Å². The third kappa shape index (κ3) is 3.18. The largest absolute Gasteiger partial charge is 0.389 e. The number of benzene rings is 1. The number of carbonyl (C=O) groups excluding carboxylic acids is 1. The lowest BCUT2D eigenvalue weighted by atomic mass is 10.2. The molecular weight excluding hydrogens is 330 g/mol. The summed E-state index contributed by atoms with van der Waals surface area (Å²) in [6.45, 7) is 1.72. The summed E-state index contributed by atoms with van der Waals surface area (Å²) in [5.74, 6) is 0.230. The molecule has 0 saturated carbocycles. The van der Waals surface area contributed by atoms with Gasteiger partial charge in [-0.15, -0.1) is 0 Å². The van der Waals surface area contributed by atoms with Crippen molar-refractivity contribution in [3.8, 4) is 0 Å². The van der Waals surface area contributed by atoms with Gasteiger partial charge in [-0.3, -0.25) is 4.79 Å². The molecule has 0 aliphatic carbocycles. The van der Waals surface area contributed by atoms with Gasteiger partial charge in [0.2, 0.25) is 0 Å². The van der Waals surface area contributed by atoms with Crippen LogP contribution in [0.3, 0.4) is 0 Å². The Kier molecular flexibility index (Phi) is 3.96. The third-order valence-electron chi connectivity index (χ3n) is 2.36. The molecule has 0 spiro atoms. The number of nitrogens with two attached hydrogens (primary N) is 1. The molecule has 0 atom stereocenters. The second-order valence-electron chi connectivity index (χ2n) is 3.84. The Hall–Kier alpha value is -1.73. The number of hydrogen-bond acceptors (Lipinski definition) is 4. The van der Waals surface area contributed by atoms with E-state index in [9.17, 15) is 4.79 Å². The van der Waals surface area contributed by atoms with Crippen LogP contribution in [-0.2, 0) is 0 Å². The number of rotatable bonds is 3. The smallest absolute Gasteiger partial charge is 0.277 e. The predicted octanol–water partition coefficient (Wildman–Crippen LogP) is 2.63. The first kappa shape index (κ1) is 13.7. The van der Waals surface area contributed by atoms with Gasteiger partial charge < -0.3 is 15.6 Å². The van der Waals surface area contributed by atoms with Gasteiger partial charge >= 0.3 is 0 Å². The molecule has 98 valence electrons. The Balaban J connectivity index is 2.20. The topological polar surface area (TPSA) is 81.2 Å². The van der Waals surface area contributed by atoms with Gasteiger partial charge in [-0.05, 0) is 41.1 Å². The van der Waals surface area contributed by atoms with Crippen molar-refractivity contribution in [2.45, 2.75) is 6.92 Å². The number of nitrogens with zero attached hydrogens (tertiary/aromatic N) is 1. The van der Waals surface area contributed by atoms with Crippen molar-refractivity contribution in [2.75, 3.05) is 5.32 Å². The third-order valence-corrected chi connectivity index (χ3v) is 3.25. The van der Waals surface area contributed by atoms with Crippen LogP contribution in [0, 0.1) is 6.92 Å². The molecule has 0 radical (unpaired) electrons. The molecule has 0 aliphatic heterocycles. The maximum Gasteiger partial charge on any atom is 0.277 e. The van der Waals surface area contributed by atoms with Crippen molar-refractivity contribution < 1.29 is 9.32 Å². The highest BCUT2D eigenvalue weighted by atomic mass is 79.9. The number of aryl methyl sites for hydroxylation is 1. The summed E-state index contributed by atoms with van der Waals surface area (Å²) in [6.07, 6.45) is 0. The summed E-state index contributed by atoms with van der Waals surface area (Å²) >= 11 is 8.23. The van der Waals surface area contributed by atoms with Crippen LogP contribution in [0.2, 0.25) is 0 Å². The number of nitrogens with one attached hydrogen (secondary N) is 1. The molecule has 1 aromatic carbocycles. The molecule has 0 unspecified atom stereocenters. The van der Waals surface area contributed by atoms with Crippen molar-refractivity contribution in [1.82, 2.24) is 5.16 Å². The lowest BCUT2D eigenvalue weighted by molar-refractivity contribution is 0.101. The maximum atomic E-state index is 11.9. The summed E-state index contributed by atoms with van der Waals surface area (Å²) in [5.41, 5.74) is 7.08. The van der Waals surface area contributed by atoms with E-state index in [1.165, 1.54) is 0 Å². The Morgan fingerprint density at radius 3 is 2.74 bits per heavy atom. The van der Waals surface area contributed by atoms with Crippen molar-refractivity contribution in [3.63, 3.8) is 0 Å². The van der Waals surface area contributed by atoms with Crippen LogP contribution in [-0.4, -0.2) is 16.1 Å². The van der Waals surface area contributed by atoms with Crippen LogP contribution in [0.5, 0.6) is 0 Å². The van der Waals surface area contributed by atoms with Gasteiger partial charge in [0.1, 0.15) is 10.7 Å². The Morgan fingerprint density at radius 2 is 2.21 bits per heavy atom. The van der Waals surface area contributed by atoms with Gasteiger partial charge in [-0.25, -0.2) is 0 Å². The molecule has 2 aromatic rings. The molecule has 5 nitrogen and oxygen atoms in total. The van der Waals surface area contributed by atoms with Crippen molar-refractivity contribution in [3.05, 3.63) is 45.8 Å². The zero-order chi connectivity index (χ0) is 14.0. The van der Waals surface area contributed by atoms with Crippen LogP contribution in [0.1, 0.15) is 21.8 Å². The first-order chi connectivity index (χ1) is 8.97. The first-order valence-corrected chi connectivity index (χ1v) is 6.51. The number of hydrogen-bond donors (Lipinski definition) is 2. The summed E-state index contributed by atoms with van der Waals surface area (Å²) < 4.78 is 5.53. The molecule has 0 aliphatic rings. The fourth-order valence-corrected chi connectivity index (χ4v) is 2.03. The normalized spacial score (nSPS) is 10.2. The summed E-state index contributed by atoms with van der Waals surface area (Å²) in [7, 11) is 0. The predicted molar refractivity (Wildman–Crippen MR) is 79.2 cm³/mol. The van der Waals surface area contributed by atoms with E-state index in [1.807, 2.05) is 0 Å². The molecule has 1 amide bonds. The number of amides is 1. The standard InChI is InChI=1S/C12H10BrN3O2S/c1-6-4-10(16-18-6)12(17)15-9-3-2-7(11(14)19)5-8(9)13/h2-5H,1H3,(H2,14,19)(H,15,17). The molecule has 19 heavy (non-hydrogen) atoms. The zero-order valence-electron chi connectivity index (χ0n) is 9.94. The molecule has 1 aromatic heterocycles. The molecule has 1 heterocycles. The highest BCUT2D eigenvalue weighted by molar-refractivity contribution is 9.10. The van der Waals surface area contributed by atoms with E-state index in [-0.39, 0.29) is 11.6 Å². The van der Waals surface area contributed by atoms with E-state index in [2.05, 4.69) is 26.4 Å². The molecule has 7 heteroatoms. The second-order valence-corrected chi connectivity index (χ2v) is 5.13. The number of anilines is 1. The molecule has 2 rings (SSSR count). The van der Waals surface area contributed by atoms with E-state index in [4.69, 9.17) is 22.5 Å². The minimum absolute atomic E-state index is 0.225. The van der Waals surface area contributed by atoms with Gasteiger partial charge in [0.15, 0.2) is 5.69 Å². The number of aromatic nitrogens is 1. The van der Waals surface area contributed by atoms with Crippen LogP contribution >= 0.6 is 28.1 Å². The first-order valence-electron chi connectivity index (χ1n) is 5.31. The van der Waals surface area contributed by atoms with Crippen molar-refractivity contribution >= 4 is 44.7 Å². The summed E-state index contributed by atoms with van der Waals surface area (Å²) in [4.78, 5) is 12.2. The summed E-state index contributed by atoms with van der Waals surface area (Å²) in [6, 6.07) is 6.75. The Labute approximate surface area is 123 Å². The Bertz CT molecular complexity index is 654. The van der Waals surface area contributed by atoms with Gasteiger partial charge in [0.05, 0.1) is 5.69 Å². The maximum absolute atomic E-state index is 11.9. The van der Waals surface area contributed by atoms with Crippen LogP contribution < -0.4 is 11.1 Å². The van der Waals surface area contributed by atoms with Gasteiger partial charge in [0, 0.05) is 16.1 Å². The van der Waals surface area contributed by atoms with E-state index < -0.39 is 0 Å². The average molecular weight is 340 g/mol. The van der Waals surface area contributed by atoms with Crippen LogP contribution in [0.25, 0.3) is 0 Å². The van der Waals surface area contributed by atoms with Crippen molar-refractivity contribution in [2.24, 2.45) is 5.73 Å². The number of thiocarbonyl (C=S) groups is 1. The monoisotopic (exact) mass is 339 g/mol.